The van der Waals surface area contributed by atoms with E-state index in [2.05, 4.69) is 30.7 Å². The number of alkyl halides is 3. The number of benzene rings is 1. The van der Waals surface area contributed by atoms with Crippen molar-refractivity contribution in [2.24, 2.45) is 0 Å². The Morgan fingerprint density at radius 2 is 2.08 bits per heavy atom. The lowest BCUT2D eigenvalue weighted by atomic mass is 10.0. The van der Waals surface area contributed by atoms with E-state index >= 15 is 0 Å². The summed E-state index contributed by atoms with van der Waals surface area (Å²) >= 11 is 0. The molecule has 0 aliphatic heterocycles. The van der Waals surface area contributed by atoms with Crippen molar-refractivity contribution in [3.63, 3.8) is 0 Å². The Bertz CT molecular complexity index is 829. The zero-order valence-electron chi connectivity index (χ0n) is 15.1. The number of hydrogen-bond acceptors (Lipinski definition) is 2. The monoisotopic (exact) mass is 364 g/mol. The number of ether oxygens (including phenoxy) is 1. The first kappa shape index (κ1) is 19.8. The quantitative estimate of drug-likeness (QED) is 0.506. The normalized spacial score (nSPS) is 13.5. The maximum absolute atomic E-state index is 13.4. The van der Waals surface area contributed by atoms with Crippen LogP contribution in [0.25, 0.3) is 10.9 Å². The molecule has 1 aromatic heterocycles. The van der Waals surface area contributed by atoms with Crippen molar-refractivity contribution in [2.45, 2.75) is 25.9 Å². The molecule has 0 spiro atoms. The van der Waals surface area contributed by atoms with Crippen molar-refractivity contribution < 1.29 is 17.9 Å². The van der Waals surface area contributed by atoms with Crippen LogP contribution in [0.1, 0.15) is 25.3 Å². The molecule has 140 valence electrons. The van der Waals surface area contributed by atoms with Crippen LogP contribution in [0.2, 0.25) is 0 Å². The Hall–Kier alpha value is -2.47. The molecule has 0 aliphatic carbocycles. The molecule has 1 heterocycles. The highest BCUT2D eigenvalue weighted by molar-refractivity contribution is 5.85. The highest BCUT2D eigenvalue weighted by atomic mass is 19.4. The van der Waals surface area contributed by atoms with Crippen LogP contribution >= 0.6 is 0 Å². The van der Waals surface area contributed by atoms with E-state index in [9.17, 15) is 13.2 Å². The standard InChI is InChI=1S/C20H23F3N2O/c1-5-6-19(17(9-10-24-4)20(21,22)23)26-14-7-8-18-15(11-14)16(12-25-18)13(2)3/h5-9,11-13,24-25H,1,10H2,2-4H3/b17-9+,19-6+. The van der Waals surface area contributed by atoms with Crippen molar-refractivity contribution >= 4 is 10.9 Å². The van der Waals surface area contributed by atoms with Crippen molar-refractivity contribution in [3.05, 3.63) is 66.1 Å². The van der Waals surface area contributed by atoms with E-state index in [1.165, 1.54) is 12.2 Å². The molecule has 3 nitrogen and oxygen atoms in total. The largest absolute Gasteiger partial charge is 0.457 e. The van der Waals surface area contributed by atoms with Crippen LogP contribution in [0.3, 0.4) is 0 Å². The molecule has 0 saturated carbocycles. The lowest BCUT2D eigenvalue weighted by molar-refractivity contribution is -0.0921. The second-order valence-corrected chi connectivity index (χ2v) is 6.15. The molecule has 26 heavy (non-hydrogen) atoms. The second-order valence-electron chi connectivity index (χ2n) is 6.15. The van der Waals surface area contributed by atoms with Gasteiger partial charge in [0.2, 0.25) is 0 Å². The fourth-order valence-electron chi connectivity index (χ4n) is 2.64. The van der Waals surface area contributed by atoms with E-state index in [4.69, 9.17) is 4.74 Å². The Labute approximate surface area is 151 Å². The highest BCUT2D eigenvalue weighted by Crippen LogP contribution is 2.34. The van der Waals surface area contributed by atoms with Gasteiger partial charge in [0.1, 0.15) is 11.5 Å². The Balaban J connectivity index is 2.44. The van der Waals surface area contributed by atoms with Crippen LogP contribution in [0.4, 0.5) is 13.2 Å². The predicted molar refractivity (Wildman–Crippen MR) is 99.4 cm³/mol. The van der Waals surface area contributed by atoms with E-state index in [1.54, 1.807) is 25.2 Å². The van der Waals surface area contributed by atoms with Gasteiger partial charge in [-0.2, -0.15) is 13.2 Å². The summed E-state index contributed by atoms with van der Waals surface area (Å²) in [6.07, 6.45) is 0.937. The Morgan fingerprint density at radius 3 is 2.65 bits per heavy atom. The van der Waals surface area contributed by atoms with E-state index in [0.29, 0.717) is 5.75 Å². The third kappa shape index (κ3) is 4.58. The fraction of sp³-hybridized carbons (Fsp3) is 0.300. The number of aromatic amines is 1. The maximum Gasteiger partial charge on any atom is 0.419 e. The second kappa shape index (κ2) is 8.27. The number of nitrogens with one attached hydrogen (secondary N) is 2. The van der Waals surface area contributed by atoms with Gasteiger partial charge in [-0.1, -0.05) is 32.6 Å². The highest BCUT2D eigenvalue weighted by Gasteiger charge is 2.37. The molecule has 0 aliphatic rings. The summed E-state index contributed by atoms with van der Waals surface area (Å²) in [6.45, 7) is 7.68. The molecule has 2 rings (SSSR count). The fourth-order valence-corrected chi connectivity index (χ4v) is 2.64. The first-order valence-electron chi connectivity index (χ1n) is 8.31. The van der Waals surface area contributed by atoms with Gasteiger partial charge in [0.05, 0.1) is 5.57 Å². The number of aromatic nitrogens is 1. The van der Waals surface area contributed by atoms with E-state index in [1.807, 2.05) is 6.20 Å². The number of H-pyrrole nitrogens is 1. The van der Waals surface area contributed by atoms with Gasteiger partial charge in [0.15, 0.2) is 0 Å². The molecule has 0 bridgehead atoms. The topological polar surface area (TPSA) is 37.0 Å². The van der Waals surface area contributed by atoms with Gasteiger partial charge >= 0.3 is 6.18 Å². The minimum absolute atomic E-state index is 0.0705. The first-order valence-corrected chi connectivity index (χ1v) is 8.31. The summed E-state index contributed by atoms with van der Waals surface area (Å²) in [6, 6.07) is 5.20. The predicted octanol–water partition coefficient (Wildman–Crippen LogP) is 5.45. The van der Waals surface area contributed by atoms with Crippen LogP contribution in [0.15, 0.2) is 60.5 Å². The van der Waals surface area contributed by atoms with E-state index < -0.39 is 11.7 Å². The molecule has 1 aromatic carbocycles. The molecule has 0 unspecified atom stereocenters. The number of allylic oxidation sites excluding steroid dienone is 3. The SMILES string of the molecule is C=C/C=C(Oc1ccc2[nH]cc(C(C)C)c2c1)\C(=C/CNC)C(F)(F)F. The molecule has 0 radical (unpaired) electrons. The van der Waals surface area contributed by atoms with Crippen molar-refractivity contribution in [1.82, 2.24) is 10.3 Å². The van der Waals surface area contributed by atoms with Crippen LogP contribution in [0, 0.1) is 0 Å². The lowest BCUT2D eigenvalue weighted by Gasteiger charge is -2.17. The summed E-state index contributed by atoms with van der Waals surface area (Å²) in [4.78, 5) is 3.16. The zero-order valence-corrected chi connectivity index (χ0v) is 15.1. The number of fused-ring (bicyclic) bond motifs is 1. The molecular weight excluding hydrogens is 341 g/mol. The average molecular weight is 364 g/mol. The minimum atomic E-state index is -4.53. The number of likely N-dealkylation sites (N-methyl/N-ethyl adjacent to an activating group) is 1. The summed E-state index contributed by atoms with van der Waals surface area (Å²) in [5.74, 6) is 0.332. The van der Waals surface area contributed by atoms with Gasteiger partial charge in [-0.05, 0) is 42.8 Å². The summed E-state index contributed by atoms with van der Waals surface area (Å²) in [7, 11) is 1.58. The minimum Gasteiger partial charge on any atom is -0.457 e. The summed E-state index contributed by atoms with van der Waals surface area (Å²) in [5.41, 5.74) is 1.16. The third-order valence-corrected chi connectivity index (χ3v) is 3.89. The number of hydrogen-bond donors (Lipinski definition) is 2. The maximum atomic E-state index is 13.4. The molecular formula is C20H23F3N2O. The molecule has 0 fully saturated rings. The van der Waals surface area contributed by atoms with Gasteiger partial charge in [-0.15, -0.1) is 0 Å². The van der Waals surface area contributed by atoms with Gasteiger partial charge in [-0.25, -0.2) is 0 Å². The number of halogens is 3. The average Bonchev–Trinajstić information content (AvgIpc) is 2.97. The lowest BCUT2D eigenvalue weighted by Crippen LogP contribution is -2.19. The van der Waals surface area contributed by atoms with Crippen LogP contribution < -0.4 is 10.1 Å². The van der Waals surface area contributed by atoms with Gasteiger partial charge in [-0.3, -0.25) is 0 Å². The van der Waals surface area contributed by atoms with Crippen molar-refractivity contribution in [2.75, 3.05) is 13.6 Å². The Kier molecular flexibility index (Phi) is 6.32. The van der Waals surface area contributed by atoms with E-state index in [-0.39, 0.29) is 18.2 Å². The van der Waals surface area contributed by atoms with Crippen LogP contribution in [0.5, 0.6) is 5.75 Å². The van der Waals surface area contributed by atoms with E-state index in [0.717, 1.165) is 22.5 Å². The van der Waals surface area contributed by atoms with Gasteiger partial charge in [0, 0.05) is 23.6 Å². The van der Waals surface area contributed by atoms with Gasteiger partial charge in [0.25, 0.3) is 0 Å². The molecule has 0 saturated heterocycles. The van der Waals surface area contributed by atoms with Crippen LogP contribution in [-0.2, 0) is 0 Å². The third-order valence-electron chi connectivity index (χ3n) is 3.89. The molecule has 0 amide bonds. The Morgan fingerprint density at radius 1 is 1.35 bits per heavy atom. The van der Waals surface area contributed by atoms with Gasteiger partial charge < -0.3 is 15.0 Å². The molecule has 2 N–H and O–H groups in total. The summed E-state index contributed by atoms with van der Waals surface area (Å²) < 4.78 is 45.9. The summed E-state index contributed by atoms with van der Waals surface area (Å²) in [5, 5.41) is 3.62. The molecule has 0 atom stereocenters. The first-order chi connectivity index (χ1) is 12.3. The molecule has 6 heteroatoms. The molecule has 2 aromatic rings. The smallest absolute Gasteiger partial charge is 0.419 e. The number of rotatable bonds is 7. The van der Waals surface area contributed by atoms with Crippen molar-refractivity contribution in [3.8, 4) is 5.75 Å². The zero-order chi connectivity index (χ0) is 19.3. The van der Waals surface area contributed by atoms with Crippen molar-refractivity contribution in [1.29, 1.82) is 0 Å². The van der Waals surface area contributed by atoms with Crippen LogP contribution in [-0.4, -0.2) is 24.8 Å².